The molecule has 0 bridgehead atoms. The minimum Gasteiger partial charge on any atom is -0.392 e. The van der Waals surface area contributed by atoms with Gasteiger partial charge < -0.3 is 10.6 Å². The molecule has 0 heterocycles. The molecule has 0 atom stereocenters. The average Bonchev–Trinajstić information content (AvgIpc) is 2.79. The number of hydrogen-bond acceptors (Lipinski definition) is 3. The van der Waals surface area contributed by atoms with Crippen LogP contribution >= 0.6 is 12.2 Å². The molecule has 104 valence electrons. The lowest BCUT2D eigenvalue weighted by atomic mass is 10.2. The van der Waals surface area contributed by atoms with E-state index in [2.05, 4.69) is 4.90 Å². The molecule has 1 aliphatic rings. The summed E-state index contributed by atoms with van der Waals surface area (Å²) in [6, 6.07) is 0.698. The minimum absolute atomic E-state index is 0.146. The Labute approximate surface area is 115 Å². The number of carbonyl (C=O) groups excluding carboxylic acids is 1. The zero-order chi connectivity index (χ0) is 13.7. The second kappa shape index (κ2) is 7.04. The van der Waals surface area contributed by atoms with Crippen molar-refractivity contribution >= 4 is 23.1 Å². The van der Waals surface area contributed by atoms with Crippen LogP contribution in [-0.2, 0) is 4.79 Å². The normalized spacial score (nSPS) is 16.5. The maximum absolute atomic E-state index is 12.1. The summed E-state index contributed by atoms with van der Waals surface area (Å²) in [7, 11) is 1.85. The number of likely N-dealkylation sites (N-methyl/N-ethyl adjacent to an activating group) is 1. The third-order valence-corrected chi connectivity index (χ3v) is 3.84. The lowest BCUT2D eigenvalue weighted by molar-refractivity contribution is -0.132. The van der Waals surface area contributed by atoms with Crippen molar-refractivity contribution in [2.75, 3.05) is 20.1 Å². The quantitative estimate of drug-likeness (QED) is 0.742. The Kier molecular flexibility index (Phi) is 6.02. The first-order chi connectivity index (χ1) is 8.41. The van der Waals surface area contributed by atoms with Crippen molar-refractivity contribution < 1.29 is 4.79 Å². The highest BCUT2D eigenvalue weighted by atomic mass is 32.1. The summed E-state index contributed by atoms with van der Waals surface area (Å²) < 4.78 is 0. The lowest BCUT2D eigenvalue weighted by Gasteiger charge is -2.30. The summed E-state index contributed by atoms with van der Waals surface area (Å²) in [6.45, 7) is 5.02. The maximum Gasteiger partial charge on any atom is 0.236 e. The molecule has 0 unspecified atom stereocenters. The standard InChI is InChI=1S/C13H25N3OS/c1-10(2)15(3)13(17)9-16(8-12(14)18)11-6-4-5-7-11/h10-11H,4-9H2,1-3H3,(H2,14,18). The first-order valence-electron chi connectivity index (χ1n) is 6.69. The Hall–Kier alpha value is -0.680. The summed E-state index contributed by atoms with van der Waals surface area (Å²) in [4.78, 5) is 16.5. The van der Waals surface area contributed by atoms with Crippen LogP contribution < -0.4 is 5.73 Å². The van der Waals surface area contributed by atoms with Crippen LogP contribution in [0.15, 0.2) is 0 Å². The van der Waals surface area contributed by atoms with Crippen molar-refractivity contribution in [3.05, 3.63) is 0 Å². The first kappa shape index (κ1) is 15.4. The molecular formula is C13H25N3OS. The fourth-order valence-electron chi connectivity index (χ4n) is 2.36. The summed E-state index contributed by atoms with van der Waals surface area (Å²) in [5, 5.41) is 0. The summed E-state index contributed by atoms with van der Waals surface area (Å²) >= 11 is 4.99. The molecule has 18 heavy (non-hydrogen) atoms. The molecule has 1 fully saturated rings. The smallest absolute Gasteiger partial charge is 0.236 e. The van der Waals surface area contributed by atoms with E-state index in [0.29, 0.717) is 24.1 Å². The van der Waals surface area contributed by atoms with Crippen LogP contribution in [0.1, 0.15) is 39.5 Å². The zero-order valence-electron chi connectivity index (χ0n) is 11.7. The van der Waals surface area contributed by atoms with Crippen molar-refractivity contribution in [1.29, 1.82) is 0 Å². The van der Waals surface area contributed by atoms with E-state index < -0.39 is 0 Å². The Morgan fingerprint density at radius 3 is 2.33 bits per heavy atom. The fraction of sp³-hybridized carbons (Fsp3) is 0.846. The van der Waals surface area contributed by atoms with Crippen LogP contribution in [0, 0.1) is 0 Å². The third-order valence-electron chi connectivity index (χ3n) is 3.71. The zero-order valence-corrected chi connectivity index (χ0v) is 12.5. The van der Waals surface area contributed by atoms with Gasteiger partial charge in [-0.15, -0.1) is 0 Å². The van der Waals surface area contributed by atoms with Crippen LogP contribution in [0.5, 0.6) is 0 Å². The van der Waals surface area contributed by atoms with Crippen LogP contribution in [0.25, 0.3) is 0 Å². The summed E-state index contributed by atoms with van der Waals surface area (Å²) in [5.74, 6) is 0.146. The predicted octanol–water partition coefficient (Wildman–Crippen LogP) is 1.38. The predicted molar refractivity (Wildman–Crippen MR) is 78.5 cm³/mol. The van der Waals surface area contributed by atoms with Gasteiger partial charge in [0.15, 0.2) is 0 Å². The van der Waals surface area contributed by atoms with Crippen LogP contribution in [0.4, 0.5) is 0 Å². The molecule has 1 rings (SSSR count). The molecule has 0 aromatic rings. The molecular weight excluding hydrogens is 246 g/mol. The van der Waals surface area contributed by atoms with E-state index in [1.54, 1.807) is 4.90 Å². The average molecular weight is 271 g/mol. The molecule has 1 amide bonds. The van der Waals surface area contributed by atoms with Gasteiger partial charge in [0, 0.05) is 25.7 Å². The SMILES string of the molecule is CC(C)N(C)C(=O)CN(CC(N)=S)C1CCCC1. The fourth-order valence-corrected chi connectivity index (χ4v) is 2.52. The van der Waals surface area contributed by atoms with Crippen molar-refractivity contribution in [1.82, 2.24) is 9.80 Å². The highest BCUT2D eigenvalue weighted by Crippen LogP contribution is 2.23. The Bertz CT molecular complexity index is 301. The Morgan fingerprint density at radius 2 is 1.89 bits per heavy atom. The van der Waals surface area contributed by atoms with E-state index in [-0.39, 0.29) is 11.9 Å². The molecule has 0 aromatic carbocycles. The second-order valence-electron chi connectivity index (χ2n) is 5.41. The number of amides is 1. The van der Waals surface area contributed by atoms with E-state index in [1.807, 2.05) is 20.9 Å². The maximum atomic E-state index is 12.1. The third kappa shape index (κ3) is 4.53. The van der Waals surface area contributed by atoms with Crippen molar-refractivity contribution in [3.63, 3.8) is 0 Å². The molecule has 1 saturated carbocycles. The van der Waals surface area contributed by atoms with Gasteiger partial charge in [-0.3, -0.25) is 9.69 Å². The van der Waals surface area contributed by atoms with Crippen molar-refractivity contribution in [2.45, 2.75) is 51.6 Å². The van der Waals surface area contributed by atoms with Crippen molar-refractivity contribution in [3.8, 4) is 0 Å². The van der Waals surface area contributed by atoms with Gasteiger partial charge in [-0.05, 0) is 26.7 Å². The van der Waals surface area contributed by atoms with Gasteiger partial charge in [0.25, 0.3) is 0 Å². The molecule has 1 aliphatic carbocycles. The molecule has 4 nitrogen and oxygen atoms in total. The van der Waals surface area contributed by atoms with E-state index in [4.69, 9.17) is 18.0 Å². The van der Waals surface area contributed by atoms with E-state index in [1.165, 1.54) is 12.8 Å². The molecule has 0 spiro atoms. The van der Waals surface area contributed by atoms with E-state index in [9.17, 15) is 4.79 Å². The van der Waals surface area contributed by atoms with Crippen LogP contribution in [0.2, 0.25) is 0 Å². The largest absolute Gasteiger partial charge is 0.392 e. The molecule has 0 aromatic heterocycles. The number of carbonyl (C=O) groups is 1. The minimum atomic E-state index is 0.146. The van der Waals surface area contributed by atoms with Crippen molar-refractivity contribution in [2.24, 2.45) is 5.73 Å². The Morgan fingerprint density at radius 1 is 1.33 bits per heavy atom. The van der Waals surface area contributed by atoms with Gasteiger partial charge in [0.1, 0.15) is 0 Å². The monoisotopic (exact) mass is 271 g/mol. The molecule has 0 aliphatic heterocycles. The van der Waals surface area contributed by atoms with Gasteiger partial charge in [-0.25, -0.2) is 0 Å². The molecule has 5 heteroatoms. The van der Waals surface area contributed by atoms with Gasteiger partial charge in [0.05, 0.1) is 11.5 Å². The van der Waals surface area contributed by atoms with Gasteiger partial charge in [-0.1, -0.05) is 25.1 Å². The molecule has 0 radical (unpaired) electrons. The Balaban J connectivity index is 2.60. The summed E-state index contributed by atoms with van der Waals surface area (Å²) in [6.07, 6.45) is 4.79. The van der Waals surface area contributed by atoms with Crippen LogP contribution in [-0.4, -0.2) is 52.9 Å². The summed E-state index contributed by atoms with van der Waals surface area (Å²) in [5.41, 5.74) is 5.64. The number of nitrogens with two attached hydrogens (primary N) is 1. The molecule has 2 N–H and O–H groups in total. The van der Waals surface area contributed by atoms with E-state index in [0.717, 1.165) is 12.8 Å². The highest BCUT2D eigenvalue weighted by Gasteiger charge is 2.26. The van der Waals surface area contributed by atoms with Gasteiger partial charge in [-0.2, -0.15) is 0 Å². The topological polar surface area (TPSA) is 49.6 Å². The first-order valence-corrected chi connectivity index (χ1v) is 7.10. The lowest BCUT2D eigenvalue weighted by Crippen LogP contribution is -2.47. The van der Waals surface area contributed by atoms with Gasteiger partial charge >= 0.3 is 0 Å². The number of thiocarbonyl (C=S) groups is 1. The van der Waals surface area contributed by atoms with Crippen LogP contribution in [0.3, 0.4) is 0 Å². The van der Waals surface area contributed by atoms with E-state index >= 15 is 0 Å². The molecule has 0 saturated heterocycles. The highest BCUT2D eigenvalue weighted by molar-refractivity contribution is 7.80. The van der Waals surface area contributed by atoms with Gasteiger partial charge in [0.2, 0.25) is 5.91 Å². The number of nitrogens with zero attached hydrogens (tertiary/aromatic N) is 2. The number of rotatable bonds is 6. The second-order valence-corrected chi connectivity index (χ2v) is 5.93. The number of hydrogen-bond donors (Lipinski definition) is 1.